The van der Waals surface area contributed by atoms with Crippen LogP contribution in [0.25, 0.3) is 10.9 Å². The van der Waals surface area contributed by atoms with Gasteiger partial charge in [0, 0.05) is 17.8 Å². The number of para-hydroxylation sites is 1. The van der Waals surface area contributed by atoms with Crippen LogP contribution in [0.5, 0.6) is 0 Å². The molecule has 1 aliphatic carbocycles. The molecular formula is C26H34N4O. The smallest absolute Gasteiger partial charge is 0.319 e. The fraction of sp³-hybridized carbons (Fsp3) is 0.462. The van der Waals surface area contributed by atoms with E-state index >= 15 is 0 Å². The average molecular weight is 419 g/mol. The molecule has 2 aromatic heterocycles. The highest BCUT2D eigenvalue weighted by atomic mass is 16.2. The first-order chi connectivity index (χ1) is 14.8. The number of rotatable bonds is 6. The number of benzene rings is 1. The van der Waals surface area contributed by atoms with Gasteiger partial charge in [-0.1, -0.05) is 58.7 Å². The van der Waals surface area contributed by atoms with Crippen LogP contribution < -0.4 is 10.6 Å². The van der Waals surface area contributed by atoms with Gasteiger partial charge in [-0.25, -0.2) is 4.79 Å². The van der Waals surface area contributed by atoms with E-state index in [2.05, 4.69) is 67.7 Å². The number of nitrogens with zero attached hydrogens (tertiary/aromatic N) is 3. The zero-order valence-electron chi connectivity index (χ0n) is 19.1. The van der Waals surface area contributed by atoms with Crippen molar-refractivity contribution in [3.8, 4) is 0 Å². The molecule has 1 aromatic carbocycles. The van der Waals surface area contributed by atoms with Gasteiger partial charge in [0.15, 0.2) is 0 Å². The van der Waals surface area contributed by atoms with Gasteiger partial charge in [-0.05, 0) is 47.9 Å². The predicted octanol–water partition coefficient (Wildman–Crippen LogP) is 6.14. The minimum atomic E-state index is -0.379. The molecule has 2 amide bonds. The van der Waals surface area contributed by atoms with Crippen LogP contribution in [0.4, 0.5) is 10.5 Å². The van der Waals surface area contributed by atoms with Gasteiger partial charge in [-0.3, -0.25) is 9.88 Å². The predicted molar refractivity (Wildman–Crippen MR) is 128 cm³/mol. The van der Waals surface area contributed by atoms with Crippen LogP contribution in [-0.2, 0) is 5.54 Å². The van der Waals surface area contributed by atoms with E-state index in [0.29, 0.717) is 18.4 Å². The van der Waals surface area contributed by atoms with Crippen molar-refractivity contribution < 1.29 is 4.79 Å². The summed E-state index contributed by atoms with van der Waals surface area (Å²) >= 11 is 0. The Morgan fingerprint density at radius 3 is 2.32 bits per heavy atom. The van der Waals surface area contributed by atoms with Crippen molar-refractivity contribution in [2.75, 3.05) is 11.4 Å². The second-order valence-corrected chi connectivity index (χ2v) is 9.57. The Morgan fingerprint density at radius 1 is 1.10 bits per heavy atom. The Balaban J connectivity index is 1.86. The van der Waals surface area contributed by atoms with Crippen LogP contribution in [0.2, 0.25) is 0 Å². The van der Waals surface area contributed by atoms with Crippen molar-refractivity contribution in [3.05, 3.63) is 60.0 Å². The number of aromatic nitrogens is 2. The van der Waals surface area contributed by atoms with Crippen LogP contribution >= 0.6 is 0 Å². The van der Waals surface area contributed by atoms with Gasteiger partial charge in [0.2, 0.25) is 0 Å². The van der Waals surface area contributed by atoms with E-state index in [4.69, 9.17) is 5.73 Å². The molecule has 164 valence electrons. The van der Waals surface area contributed by atoms with Crippen molar-refractivity contribution in [3.63, 3.8) is 0 Å². The fourth-order valence-corrected chi connectivity index (χ4v) is 5.28. The lowest BCUT2D eigenvalue weighted by Crippen LogP contribution is -2.48. The number of urea groups is 1. The summed E-state index contributed by atoms with van der Waals surface area (Å²) in [5.74, 6) is 0.596. The molecule has 0 spiro atoms. The lowest BCUT2D eigenvalue weighted by atomic mass is 9.90. The molecule has 0 saturated heterocycles. The molecule has 3 aromatic rings. The molecule has 31 heavy (non-hydrogen) atoms. The summed E-state index contributed by atoms with van der Waals surface area (Å²) in [6.45, 7) is 9.29. The molecule has 5 nitrogen and oxygen atoms in total. The van der Waals surface area contributed by atoms with Crippen molar-refractivity contribution in [2.45, 2.75) is 70.8 Å². The van der Waals surface area contributed by atoms with Crippen molar-refractivity contribution in [1.82, 2.24) is 9.55 Å². The maximum atomic E-state index is 12.9. The summed E-state index contributed by atoms with van der Waals surface area (Å²) in [7, 11) is 0. The molecule has 5 heteroatoms. The Bertz CT molecular complexity index is 1050. The summed E-state index contributed by atoms with van der Waals surface area (Å²) in [6, 6.07) is 10.2. The standard InChI is InChI=1S/C26H34N4O/c1-18(2)21-8-7-9-22(19(3)4)24(21)29(25(27)31)17-26(12-5-6-13-26)30-15-11-20-10-14-28-16-23(20)30/h7-11,14-16,18-19H,5-6,12-13,17H2,1-4H3,(H2,27,31). The van der Waals surface area contributed by atoms with Gasteiger partial charge < -0.3 is 10.3 Å². The minimum absolute atomic E-state index is 0.182. The number of carbonyl (C=O) groups is 1. The molecule has 2 heterocycles. The van der Waals surface area contributed by atoms with E-state index in [1.54, 1.807) is 0 Å². The van der Waals surface area contributed by atoms with Gasteiger partial charge in [-0.15, -0.1) is 0 Å². The number of hydrogen-bond acceptors (Lipinski definition) is 2. The third-order valence-electron chi connectivity index (χ3n) is 6.87. The summed E-state index contributed by atoms with van der Waals surface area (Å²) in [6.07, 6.45) is 10.3. The highest BCUT2D eigenvalue weighted by Gasteiger charge is 2.40. The van der Waals surface area contributed by atoms with Gasteiger partial charge in [0.05, 0.1) is 29.5 Å². The molecule has 1 fully saturated rings. The largest absolute Gasteiger partial charge is 0.351 e. The number of fused-ring (bicyclic) bond motifs is 1. The zero-order valence-corrected chi connectivity index (χ0v) is 19.1. The zero-order chi connectivity index (χ0) is 22.2. The normalized spacial score (nSPS) is 15.8. The van der Waals surface area contributed by atoms with Gasteiger partial charge in [-0.2, -0.15) is 0 Å². The van der Waals surface area contributed by atoms with Crippen LogP contribution in [0, 0.1) is 0 Å². The molecule has 0 radical (unpaired) electrons. The van der Waals surface area contributed by atoms with Crippen LogP contribution in [0.1, 0.15) is 76.3 Å². The fourth-order valence-electron chi connectivity index (χ4n) is 5.28. The number of hydrogen-bond donors (Lipinski definition) is 1. The number of primary amides is 1. The summed E-state index contributed by atoms with van der Waals surface area (Å²) < 4.78 is 2.35. The van der Waals surface area contributed by atoms with Gasteiger partial charge in [0.1, 0.15) is 0 Å². The van der Waals surface area contributed by atoms with Crippen molar-refractivity contribution in [2.24, 2.45) is 5.73 Å². The topological polar surface area (TPSA) is 64.2 Å². The molecule has 4 rings (SSSR count). The lowest BCUT2D eigenvalue weighted by Gasteiger charge is -2.39. The van der Waals surface area contributed by atoms with E-state index in [-0.39, 0.29) is 11.6 Å². The maximum absolute atomic E-state index is 12.9. The Hall–Kier alpha value is -2.82. The Morgan fingerprint density at radius 2 is 1.74 bits per heavy atom. The molecule has 0 bridgehead atoms. The number of amides is 2. The number of pyridine rings is 1. The van der Waals surface area contributed by atoms with Gasteiger partial charge >= 0.3 is 6.03 Å². The lowest BCUT2D eigenvalue weighted by molar-refractivity contribution is 0.245. The third kappa shape index (κ3) is 3.82. The van der Waals surface area contributed by atoms with Gasteiger partial charge in [0.25, 0.3) is 0 Å². The second kappa shape index (κ2) is 8.37. The number of nitrogens with two attached hydrogens (primary N) is 1. The SMILES string of the molecule is CC(C)c1cccc(C(C)C)c1N(CC1(n2ccc3ccncc32)CCCC1)C(N)=O. The number of anilines is 1. The van der Waals surface area contributed by atoms with E-state index < -0.39 is 0 Å². The van der Waals surface area contributed by atoms with Crippen LogP contribution in [0.3, 0.4) is 0 Å². The number of carbonyl (C=O) groups excluding carboxylic acids is 1. The van der Waals surface area contributed by atoms with Crippen molar-refractivity contribution >= 4 is 22.6 Å². The summed E-state index contributed by atoms with van der Waals surface area (Å²) in [5.41, 5.74) is 10.4. The highest BCUT2D eigenvalue weighted by molar-refractivity contribution is 5.93. The first kappa shape index (κ1) is 21.4. The Labute approximate surface area is 185 Å². The van der Waals surface area contributed by atoms with Crippen molar-refractivity contribution in [1.29, 1.82) is 0 Å². The minimum Gasteiger partial charge on any atom is -0.351 e. The molecule has 0 aliphatic heterocycles. The van der Waals surface area contributed by atoms with E-state index in [9.17, 15) is 4.79 Å². The first-order valence-electron chi connectivity index (χ1n) is 11.5. The summed E-state index contributed by atoms with van der Waals surface area (Å²) in [5, 5.41) is 1.18. The molecule has 0 unspecified atom stereocenters. The summed E-state index contributed by atoms with van der Waals surface area (Å²) in [4.78, 5) is 19.2. The van der Waals surface area contributed by atoms with E-state index in [1.807, 2.05) is 23.4 Å². The average Bonchev–Trinajstić information content (AvgIpc) is 3.39. The first-order valence-corrected chi connectivity index (χ1v) is 11.5. The molecule has 1 aliphatic rings. The maximum Gasteiger partial charge on any atom is 0.319 e. The van der Waals surface area contributed by atoms with E-state index in [1.165, 1.54) is 16.5 Å². The molecular weight excluding hydrogens is 384 g/mol. The quantitative estimate of drug-likeness (QED) is 0.523. The monoisotopic (exact) mass is 418 g/mol. The van der Waals surface area contributed by atoms with Crippen LogP contribution in [-0.4, -0.2) is 22.1 Å². The Kier molecular flexibility index (Phi) is 5.78. The molecule has 1 saturated carbocycles. The third-order valence-corrected chi connectivity index (χ3v) is 6.87. The molecule has 2 N–H and O–H groups in total. The second-order valence-electron chi connectivity index (χ2n) is 9.57. The van der Waals surface area contributed by atoms with Crippen LogP contribution in [0.15, 0.2) is 48.9 Å². The van der Waals surface area contributed by atoms with E-state index in [0.717, 1.165) is 36.9 Å². The highest BCUT2D eigenvalue weighted by Crippen LogP contribution is 2.43. The molecule has 0 atom stereocenters.